The maximum absolute atomic E-state index is 11.3. The number of rotatable bonds is 5. The molecule has 110 valence electrons. The molecule has 0 atom stereocenters. The highest BCUT2D eigenvalue weighted by Crippen LogP contribution is 2.19. The van der Waals surface area contributed by atoms with Gasteiger partial charge < -0.3 is 11.1 Å². The number of amides is 1. The Labute approximate surface area is 123 Å². The molecule has 0 radical (unpaired) electrons. The molecule has 6 nitrogen and oxygen atoms in total. The van der Waals surface area contributed by atoms with Crippen LogP contribution >= 0.6 is 0 Å². The van der Waals surface area contributed by atoms with Crippen LogP contribution in [0.5, 0.6) is 0 Å². The summed E-state index contributed by atoms with van der Waals surface area (Å²) in [5, 5.41) is 3.14. The van der Waals surface area contributed by atoms with Crippen LogP contribution in [0, 0.1) is 12.3 Å². The lowest BCUT2D eigenvalue weighted by Gasteiger charge is -2.21. The van der Waals surface area contributed by atoms with E-state index in [1.165, 1.54) is 0 Å². The van der Waals surface area contributed by atoms with Crippen molar-refractivity contribution >= 4 is 11.7 Å². The zero-order chi connectivity index (χ0) is 15.5. The van der Waals surface area contributed by atoms with Crippen molar-refractivity contribution in [1.82, 2.24) is 15.0 Å². The van der Waals surface area contributed by atoms with E-state index in [1.54, 1.807) is 26.2 Å². The Morgan fingerprint density at radius 2 is 2.14 bits per heavy atom. The number of pyridine rings is 1. The average Bonchev–Trinajstić information content (AvgIpc) is 2.45. The first-order valence-electron chi connectivity index (χ1n) is 6.68. The number of aryl methyl sites for hydroxylation is 1. The molecule has 1 amide bonds. The number of nitrogens with two attached hydrogens (primary N) is 1. The summed E-state index contributed by atoms with van der Waals surface area (Å²) in [5.41, 5.74) is 6.40. The van der Waals surface area contributed by atoms with Crippen molar-refractivity contribution < 1.29 is 4.79 Å². The molecule has 2 aromatic heterocycles. The summed E-state index contributed by atoms with van der Waals surface area (Å²) in [6.45, 7) is 5.88. The van der Waals surface area contributed by atoms with Gasteiger partial charge in [0.25, 0.3) is 0 Å². The van der Waals surface area contributed by atoms with Gasteiger partial charge in [0.2, 0.25) is 5.91 Å². The zero-order valence-electron chi connectivity index (χ0n) is 12.4. The highest BCUT2D eigenvalue weighted by atomic mass is 16.1. The molecule has 21 heavy (non-hydrogen) atoms. The number of hydrogen-bond acceptors (Lipinski definition) is 5. The second-order valence-corrected chi connectivity index (χ2v) is 5.56. The molecule has 0 aliphatic rings. The van der Waals surface area contributed by atoms with Gasteiger partial charge in [-0.3, -0.25) is 9.78 Å². The summed E-state index contributed by atoms with van der Waals surface area (Å²) in [6, 6.07) is 5.57. The van der Waals surface area contributed by atoms with Crippen LogP contribution in [-0.2, 0) is 4.79 Å². The predicted octanol–water partition coefficient (Wildman–Crippen LogP) is 1.77. The van der Waals surface area contributed by atoms with Crippen molar-refractivity contribution in [3.8, 4) is 11.4 Å². The molecule has 6 heteroatoms. The summed E-state index contributed by atoms with van der Waals surface area (Å²) in [7, 11) is 0. The molecule has 0 bridgehead atoms. The predicted molar refractivity (Wildman–Crippen MR) is 81.5 cm³/mol. The van der Waals surface area contributed by atoms with E-state index in [0.717, 1.165) is 11.3 Å². The van der Waals surface area contributed by atoms with E-state index >= 15 is 0 Å². The molecular weight excluding hydrogens is 266 g/mol. The Morgan fingerprint density at radius 3 is 2.76 bits per heavy atom. The van der Waals surface area contributed by atoms with Gasteiger partial charge in [-0.25, -0.2) is 9.97 Å². The second kappa shape index (κ2) is 5.87. The topological polar surface area (TPSA) is 93.8 Å². The van der Waals surface area contributed by atoms with E-state index in [2.05, 4.69) is 20.3 Å². The minimum Gasteiger partial charge on any atom is -0.369 e. The van der Waals surface area contributed by atoms with E-state index in [4.69, 9.17) is 5.73 Å². The maximum atomic E-state index is 11.3. The largest absolute Gasteiger partial charge is 0.369 e. The van der Waals surface area contributed by atoms with Gasteiger partial charge in [-0.1, -0.05) is 0 Å². The molecule has 2 rings (SSSR count). The zero-order valence-corrected chi connectivity index (χ0v) is 12.4. The van der Waals surface area contributed by atoms with Gasteiger partial charge in [0.15, 0.2) is 5.82 Å². The van der Waals surface area contributed by atoms with E-state index < -0.39 is 5.41 Å². The number of nitrogens with one attached hydrogen (secondary N) is 1. The van der Waals surface area contributed by atoms with Crippen LogP contribution in [0.3, 0.4) is 0 Å². The number of aromatic nitrogens is 3. The number of carbonyl (C=O) groups is 1. The van der Waals surface area contributed by atoms with Gasteiger partial charge >= 0.3 is 0 Å². The molecular formula is C15H19N5O. The fourth-order valence-electron chi connectivity index (χ4n) is 1.68. The molecule has 3 N–H and O–H groups in total. The van der Waals surface area contributed by atoms with Crippen LogP contribution in [0.2, 0.25) is 0 Å². The number of nitrogens with zero attached hydrogens (tertiary/aromatic N) is 3. The third-order valence-electron chi connectivity index (χ3n) is 3.15. The van der Waals surface area contributed by atoms with E-state index in [-0.39, 0.29) is 5.91 Å². The Morgan fingerprint density at radius 1 is 1.38 bits per heavy atom. The van der Waals surface area contributed by atoms with Crippen LogP contribution in [0.4, 0.5) is 5.82 Å². The lowest BCUT2D eigenvalue weighted by molar-refractivity contribution is -0.125. The van der Waals surface area contributed by atoms with Crippen molar-refractivity contribution in [3.63, 3.8) is 0 Å². The maximum Gasteiger partial charge on any atom is 0.224 e. The molecule has 2 aromatic rings. The summed E-state index contributed by atoms with van der Waals surface area (Å²) in [4.78, 5) is 24.3. The molecule has 0 spiro atoms. The summed E-state index contributed by atoms with van der Waals surface area (Å²) in [5.74, 6) is 0.909. The minimum atomic E-state index is -0.646. The first-order valence-corrected chi connectivity index (χ1v) is 6.68. The fourth-order valence-corrected chi connectivity index (χ4v) is 1.68. The third kappa shape index (κ3) is 3.75. The highest BCUT2D eigenvalue weighted by Gasteiger charge is 2.24. The smallest absolute Gasteiger partial charge is 0.224 e. The SMILES string of the molecule is Cc1cc(NCC(C)(C)C(N)=O)nc(-c2cccnc2)n1. The lowest BCUT2D eigenvalue weighted by atomic mass is 9.93. The lowest BCUT2D eigenvalue weighted by Crippen LogP contribution is -2.37. The number of hydrogen-bond donors (Lipinski definition) is 2. The normalized spacial score (nSPS) is 11.2. The number of primary amides is 1. The molecule has 0 aliphatic carbocycles. The Kier molecular flexibility index (Phi) is 4.16. The van der Waals surface area contributed by atoms with Gasteiger partial charge in [-0.2, -0.15) is 0 Å². The monoisotopic (exact) mass is 285 g/mol. The van der Waals surface area contributed by atoms with E-state index in [0.29, 0.717) is 18.2 Å². The van der Waals surface area contributed by atoms with Crippen molar-refractivity contribution in [2.75, 3.05) is 11.9 Å². The van der Waals surface area contributed by atoms with Crippen molar-refractivity contribution in [3.05, 3.63) is 36.3 Å². The van der Waals surface area contributed by atoms with Crippen LogP contribution in [0.1, 0.15) is 19.5 Å². The number of carbonyl (C=O) groups excluding carboxylic acids is 1. The molecule has 0 aliphatic heterocycles. The molecule has 0 aromatic carbocycles. The van der Waals surface area contributed by atoms with Gasteiger partial charge in [-0.05, 0) is 32.9 Å². The van der Waals surface area contributed by atoms with Crippen molar-refractivity contribution in [2.24, 2.45) is 11.1 Å². The average molecular weight is 285 g/mol. The van der Waals surface area contributed by atoms with Crippen LogP contribution in [-0.4, -0.2) is 27.4 Å². The summed E-state index contributed by atoms with van der Waals surface area (Å²) in [6.07, 6.45) is 3.42. The standard InChI is InChI=1S/C15H19N5O/c1-10-7-12(18-9-15(2,3)14(16)21)20-13(19-10)11-5-4-6-17-8-11/h4-8H,9H2,1-3H3,(H2,16,21)(H,18,19,20). The number of anilines is 1. The van der Waals surface area contributed by atoms with E-state index in [9.17, 15) is 4.79 Å². The van der Waals surface area contributed by atoms with Crippen molar-refractivity contribution in [1.29, 1.82) is 0 Å². The Hall–Kier alpha value is -2.50. The van der Waals surface area contributed by atoms with Crippen LogP contribution in [0.15, 0.2) is 30.6 Å². The van der Waals surface area contributed by atoms with Crippen molar-refractivity contribution in [2.45, 2.75) is 20.8 Å². The Balaban J connectivity index is 2.22. The molecule has 0 saturated carbocycles. The summed E-state index contributed by atoms with van der Waals surface area (Å²) >= 11 is 0. The van der Waals surface area contributed by atoms with E-state index in [1.807, 2.05) is 25.1 Å². The third-order valence-corrected chi connectivity index (χ3v) is 3.15. The fraction of sp³-hybridized carbons (Fsp3) is 0.333. The van der Waals surface area contributed by atoms with Crippen LogP contribution in [0.25, 0.3) is 11.4 Å². The summed E-state index contributed by atoms with van der Waals surface area (Å²) < 4.78 is 0. The quantitative estimate of drug-likeness (QED) is 0.873. The molecule has 0 saturated heterocycles. The highest BCUT2D eigenvalue weighted by molar-refractivity contribution is 5.80. The van der Waals surface area contributed by atoms with Gasteiger partial charge in [0, 0.05) is 36.3 Å². The minimum absolute atomic E-state index is 0.353. The first kappa shape index (κ1) is 14.9. The second-order valence-electron chi connectivity index (χ2n) is 5.56. The van der Waals surface area contributed by atoms with Gasteiger partial charge in [0.1, 0.15) is 5.82 Å². The molecule has 0 fully saturated rings. The van der Waals surface area contributed by atoms with Crippen LogP contribution < -0.4 is 11.1 Å². The molecule has 0 unspecified atom stereocenters. The Bertz CT molecular complexity index is 640. The van der Waals surface area contributed by atoms with Gasteiger partial charge in [0.05, 0.1) is 5.41 Å². The van der Waals surface area contributed by atoms with Gasteiger partial charge in [-0.15, -0.1) is 0 Å². The first-order chi connectivity index (χ1) is 9.88. The molecule has 2 heterocycles.